The van der Waals surface area contributed by atoms with E-state index < -0.39 is 5.97 Å². The zero-order valence-electron chi connectivity index (χ0n) is 13.3. The molecule has 0 aromatic carbocycles. The maximum atomic E-state index is 12.0. The van der Waals surface area contributed by atoms with Crippen LogP contribution in [0.1, 0.15) is 35.8 Å². The molecule has 1 rings (SSSR count). The first-order valence-corrected chi connectivity index (χ1v) is 8.13. The summed E-state index contributed by atoms with van der Waals surface area (Å²) < 4.78 is 9.92. The molecule has 0 spiro atoms. The van der Waals surface area contributed by atoms with E-state index in [4.69, 9.17) is 9.47 Å². The molecule has 1 aromatic heterocycles. The molecule has 0 bridgehead atoms. The molecule has 2 amide bonds. The molecule has 0 saturated heterocycles. The Balaban J connectivity index is 2.67. The predicted octanol–water partition coefficient (Wildman–Crippen LogP) is 1.89. The van der Waals surface area contributed by atoms with E-state index in [1.807, 2.05) is 6.92 Å². The molecule has 0 aliphatic carbocycles. The van der Waals surface area contributed by atoms with Crippen LogP contribution in [0.5, 0.6) is 0 Å². The van der Waals surface area contributed by atoms with E-state index in [0.29, 0.717) is 37.9 Å². The first kappa shape index (κ1) is 18.4. The van der Waals surface area contributed by atoms with Crippen molar-refractivity contribution in [2.24, 2.45) is 0 Å². The molecule has 0 aliphatic heterocycles. The van der Waals surface area contributed by atoms with Gasteiger partial charge >= 0.3 is 12.0 Å². The molecule has 8 heteroatoms. The van der Waals surface area contributed by atoms with Crippen molar-refractivity contribution in [2.45, 2.75) is 26.8 Å². The van der Waals surface area contributed by atoms with Gasteiger partial charge in [-0.1, -0.05) is 0 Å². The van der Waals surface area contributed by atoms with E-state index in [1.54, 1.807) is 24.3 Å². The minimum atomic E-state index is -0.436. The number of carbonyl (C=O) groups excluding carboxylic acids is 2. The fraction of sp³-hybridized carbons (Fsp3) is 0.643. The highest BCUT2D eigenvalue weighted by Crippen LogP contribution is 2.14. The number of nitrogens with one attached hydrogen (secondary N) is 1. The standard InChI is InChI=1S/C14H23N3O4S/c1-4-15-14(19)17(7-6-8-20-3)9-12-16-11(10-22-12)13(18)21-5-2/h10H,4-9H2,1-3H3,(H,15,19). The zero-order chi connectivity index (χ0) is 16.4. The summed E-state index contributed by atoms with van der Waals surface area (Å²) in [5, 5.41) is 5.13. The minimum absolute atomic E-state index is 0.147. The number of hydrogen-bond acceptors (Lipinski definition) is 6. The highest BCUT2D eigenvalue weighted by molar-refractivity contribution is 7.09. The Morgan fingerprint density at radius 1 is 1.41 bits per heavy atom. The van der Waals surface area contributed by atoms with Gasteiger partial charge in [0.25, 0.3) is 0 Å². The van der Waals surface area contributed by atoms with Crippen molar-refractivity contribution in [3.05, 3.63) is 16.1 Å². The van der Waals surface area contributed by atoms with Crippen LogP contribution in [-0.2, 0) is 16.0 Å². The Morgan fingerprint density at radius 3 is 2.82 bits per heavy atom. The molecule has 1 aromatic rings. The van der Waals surface area contributed by atoms with Gasteiger partial charge in [0.05, 0.1) is 13.2 Å². The number of hydrogen-bond donors (Lipinski definition) is 1. The molecule has 0 aliphatic rings. The lowest BCUT2D eigenvalue weighted by molar-refractivity contribution is 0.0520. The Hall–Kier alpha value is -1.67. The molecule has 0 radical (unpaired) electrons. The second kappa shape index (κ2) is 10.1. The van der Waals surface area contributed by atoms with Crippen molar-refractivity contribution >= 4 is 23.3 Å². The van der Waals surface area contributed by atoms with Crippen LogP contribution in [0.2, 0.25) is 0 Å². The number of rotatable bonds is 9. The summed E-state index contributed by atoms with van der Waals surface area (Å²) in [7, 11) is 1.63. The number of methoxy groups -OCH3 is 1. The van der Waals surface area contributed by atoms with Gasteiger partial charge in [0.1, 0.15) is 5.01 Å². The summed E-state index contributed by atoms with van der Waals surface area (Å²) in [6.07, 6.45) is 0.740. The van der Waals surface area contributed by atoms with Crippen LogP contribution < -0.4 is 5.32 Å². The molecule has 0 fully saturated rings. The predicted molar refractivity (Wildman–Crippen MR) is 84.0 cm³/mol. The van der Waals surface area contributed by atoms with Gasteiger partial charge < -0.3 is 19.7 Å². The van der Waals surface area contributed by atoms with Crippen molar-refractivity contribution < 1.29 is 19.1 Å². The number of esters is 1. The molecule has 0 atom stereocenters. The zero-order valence-corrected chi connectivity index (χ0v) is 14.1. The third-order valence-electron chi connectivity index (χ3n) is 2.75. The van der Waals surface area contributed by atoms with Gasteiger partial charge in [0.2, 0.25) is 0 Å². The van der Waals surface area contributed by atoms with Crippen LogP contribution in [0.4, 0.5) is 4.79 Å². The average molecular weight is 329 g/mol. The number of thiazole rings is 1. The maximum absolute atomic E-state index is 12.0. The van der Waals surface area contributed by atoms with E-state index in [2.05, 4.69) is 10.3 Å². The van der Waals surface area contributed by atoms with Crippen molar-refractivity contribution in [1.29, 1.82) is 0 Å². The van der Waals surface area contributed by atoms with Gasteiger partial charge in [-0.2, -0.15) is 0 Å². The van der Waals surface area contributed by atoms with Crippen LogP contribution in [0.3, 0.4) is 0 Å². The fourth-order valence-corrected chi connectivity index (χ4v) is 2.54. The molecular weight excluding hydrogens is 306 g/mol. The molecule has 0 saturated carbocycles. The third-order valence-corrected chi connectivity index (χ3v) is 3.59. The van der Waals surface area contributed by atoms with Crippen LogP contribution in [0, 0.1) is 0 Å². The number of urea groups is 1. The largest absolute Gasteiger partial charge is 0.461 e. The SMILES string of the molecule is CCNC(=O)N(CCCOC)Cc1nc(C(=O)OCC)cs1. The van der Waals surface area contributed by atoms with Gasteiger partial charge in [-0.05, 0) is 20.3 Å². The summed E-state index contributed by atoms with van der Waals surface area (Å²) in [4.78, 5) is 29.5. The number of aromatic nitrogens is 1. The normalized spacial score (nSPS) is 10.3. The van der Waals surface area contributed by atoms with Crippen molar-refractivity contribution in [2.75, 3.05) is 33.4 Å². The van der Waals surface area contributed by atoms with Crippen LogP contribution >= 0.6 is 11.3 Å². The lowest BCUT2D eigenvalue weighted by atomic mass is 10.4. The number of ether oxygens (including phenoxy) is 2. The van der Waals surface area contributed by atoms with Crippen molar-refractivity contribution in [3.63, 3.8) is 0 Å². The van der Waals surface area contributed by atoms with E-state index in [-0.39, 0.29) is 11.7 Å². The van der Waals surface area contributed by atoms with Crippen molar-refractivity contribution in [1.82, 2.24) is 15.2 Å². The lowest BCUT2D eigenvalue weighted by Crippen LogP contribution is -2.40. The molecule has 22 heavy (non-hydrogen) atoms. The topological polar surface area (TPSA) is 80.8 Å². The minimum Gasteiger partial charge on any atom is -0.461 e. The summed E-state index contributed by atoms with van der Waals surface area (Å²) in [5.74, 6) is -0.436. The third kappa shape index (κ3) is 5.98. The Kier molecular flexibility index (Phi) is 8.46. The summed E-state index contributed by atoms with van der Waals surface area (Å²) >= 11 is 1.34. The second-order valence-corrected chi connectivity index (χ2v) is 5.39. The van der Waals surface area contributed by atoms with Gasteiger partial charge in [-0.25, -0.2) is 14.6 Å². The average Bonchev–Trinajstić information content (AvgIpc) is 2.95. The van der Waals surface area contributed by atoms with E-state index in [1.165, 1.54) is 11.3 Å². The smallest absolute Gasteiger partial charge is 0.357 e. The number of carbonyl (C=O) groups is 2. The summed E-state index contributed by atoms with van der Waals surface area (Å²) in [6, 6.07) is -0.147. The lowest BCUT2D eigenvalue weighted by Gasteiger charge is -2.21. The summed E-state index contributed by atoms with van der Waals surface area (Å²) in [5.41, 5.74) is 0.287. The second-order valence-electron chi connectivity index (χ2n) is 4.45. The van der Waals surface area contributed by atoms with Gasteiger partial charge in [0, 0.05) is 32.2 Å². The highest BCUT2D eigenvalue weighted by atomic mass is 32.1. The van der Waals surface area contributed by atoms with Crippen LogP contribution in [0.15, 0.2) is 5.38 Å². The first-order chi connectivity index (χ1) is 10.6. The molecular formula is C14H23N3O4S. The Morgan fingerprint density at radius 2 is 2.18 bits per heavy atom. The van der Waals surface area contributed by atoms with E-state index in [0.717, 1.165) is 6.42 Å². The Bertz CT molecular complexity index is 478. The van der Waals surface area contributed by atoms with Crippen molar-refractivity contribution in [3.8, 4) is 0 Å². The number of amides is 2. The quantitative estimate of drug-likeness (QED) is 0.553. The first-order valence-electron chi connectivity index (χ1n) is 7.25. The fourth-order valence-electron chi connectivity index (χ4n) is 1.76. The molecule has 1 N–H and O–H groups in total. The Labute approximate surface area is 134 Å². The van der Waals surface area contributed by atoms with Gasteiger partial charge in [-0.15, -0.1) is 11.3 Å². The number of nitrogens with zero attached hydrogens (tertiary/aromatic N) is 2. The van der Waals surface area contributed by atoms with Gasteiger partial charge in [0.15, 0.2) is 5.69 Å². The van der Waals surface area contributed by atoms with Crippen LogP contribution in [-0.4, -0.2) is 55.3 Å². The maximum Gasteiger partial charge on any atom is 0.357 e. The van der Waals surface area contributed by atoms with Crippen LogP contribution in [0.25, 0.3) is 0 Å². The molecule has 0 unspecified atom stereocenters. The monoisotopic (exact) mass is 329 g/mol. The molecule has 124 valence electrons. The van der Waals surface area contributed by atoms with Gasteiger partial charge in [-0.3, -0.25) is 0 Å². The summed E-state index contributed by atoms with van der Waals surface area (Å²) in [6.45, 7) is 6.00. The highest BCUT2D eigenvalue weighted by Gasteiger charge is 2.17. The van der Waals surface area contributed by atoms with E-state index in [9.17, 15) is 9.59 Å². The van der Waals surface area contributed by atoms with E-state index >= 15 is 0 Å². The molecule has 7 nitrogen and oxygen atoms in total. The molecule has 1 heterocycles.